The Bertz CT molecular complexity index is 2990. The molecule has 21 heteroatoms. The molecule has 2 aliphatic carbocycles. The second kappa shape index (κ2) is 24.7. The number of pyridine rings is 2. The number of hydrogen-bond donors (Lipinski definition) is 4. The Hall–Kier alpha value is -6.74. The Kier molecular flexibility index (Phi) is 19.1. The molecule has 4 N–H and O–H groups in total. The summed E-state index contributed by atoms with van der Waals surface area (Å²) in [4.78, 5) is 98.3. The van der Waals surface area contributed by atoms with Gasteiger partial charge in [-0.05, 0) is 62.8 Å². The van der Waals surface area contributed by atoms with E-state index in [4.69, 9.17) is 9.47 Å². The van der Waals surface area contributed by atoms with Gasteiger partial charge in [0.25, 0.3) is 0 Å². The normalized spacial score (nSPS) is 19.1. The SMILES string of the molecule is CC(C)C(=O)OC(=O)C(C)C.Cc1c(N2C[C@@H](CO)[C@@H](CO)C2)c(F)cc2c(=O)c(C(=O)O)cn(C3CC3)c12.Cc1c(N2C[C@@H](COC(=O)C(C)C)[C@@H](COC(=O)C(C)C)C2)c(F)cc2c(=O)c(C(=O)O)cn(C3CC3)c12. The summed E-state index contributed by atoms with van der Waals surface area (Å²) in [5, 5.41) is 38.1. The highest BCUT2D eigenvalue weighted by atomic mass is 19.1. The molecule has 4 aromatic rings. The van der Waals surface area contributed by atoms with Crippen molar-refractivity contribution in [3.05, 3.63) is 78.9 Å². The minimum Gasteiger partial charge on any atom is -0.477 e. The fraction of sp³-hybridized carbons (Fsp3) is 0.571. The van der Waals surface area contributed by atoms with Crippen molar-refractivity contribution in [2.24, 2.45) is 47.3 Å². The molecule has 420 valence electrons. The fourth-order valence-electron chi connectivity index (χ4n) is 9.78. The topological polar surface area (TPSA) is 262 Å². The number of benzene rings is 2. The number of hydrogen-bond acceptors (Lipinski definition) is 15. The van der Waals surface area contributed by atoms with E-state index >= 15 is 8.78 Å². The van der Waals surface area contributed by atoms with E-state index in [1.807, 2.05) is 4.90 Å². The number of fused-ring (bicyclic) bond motifs is 2. The molecule has 0 unspecified atom stereocenters. The van der Waals surface area contributed by atoms with Gasteiger partial charge in [0.1, 0.15) is 22.8 Å². The lowest BCUT2D eigenvalue weighted by atomic mass is 9.98. The summed E-state index contributed by atoms with van der Waals surface area (Å²) in [5.41, 5.74) is 0.727. The van der Waals surface area contributed by atoms with Gasteiger partial charge in [0.2, 0.25) is 10.9 Å². The molecule has 0 spiro atoms. The number of carboxylic acids is 2. The summed E-state index contributed by atoms with van der Waals surface area (Å²) in [6.07, 6.45) is 6.19. The van der Waals surface area contributed by atoms with Gasteiger partial charge in [0, 0.05) is 98.3 Å². The van der Waals surface area contributed by atoms with Crippen LogP contribution in [0.4, 0.5) is 20.2 Å². The third kappa shape index (κ3) is 13.3. The first-order chi connectivity index (χ1) is 36.2. The second-order valence-electron chi connectivity index (χ2n) is 21.9. The van der Waals surface area contributed by atoms with E-state index in [-0.39, 0.29) is 120 Å². The van der Waals surface area contributed by atoms with Crippen LogP contribution in [-0.4, -0.2) is 118 Å². The molecular formula is C56H72F2N4O15. The lowest BCUT2D eigenvalue weighted by molar-refractivity contribution is -0.164. The number of aryl methyl sites for hydroxylation is 2. The number of aromatic nitrogens is 2. The zero-order chi connectivity index (χ0) is 57.1. The van der Waals surface area contributed by atoms with Gasteiger partial charge in [-0.3, -0.25) is 28.8 Å². The molecule has 2 aromatic heterocycles. The molecule has 0 radical (unpaired) electrons. The van der Waals surface area contributed by atoms with Crippen molar-refractivity contribution >= 4 is 69.0 Å². The zero-order valence-corrected chi connectivity index (χ0v) is 45.4. The van der Waals surface area contributed by atoms with Crippen molar-refractivity contribution in [3.63, 3.8) is 0 Å². The van der Waals surface area contributed by atoms with E-state index in [9.17, 15) is 58.8 Å². The summed E-state index contributed by atoms with van der Waals surface area (Å²) >= 11 is 0. The standard InChI is InChI=1S/C28H35FN2O7.C20H23FN2O5.C8H14O3/c1-14(2)27(35)37-12-17-9-30(10-18(17)13-38-28(36)15(3)4)24-16(5)23-20(8-22(24)29)25(32)21(26(33)34)11-31(23)19-6-7-19;1-10-17-14(19(26)15(20(27)28)7-23(17)13-2-3-13)4-16(21)18(10)22-5-11(8-24)12(6-22)9-25;1-5(2)7(9)11-8(10)6(3)4/h8,11,14-15,17-19H,6-7,9-10,12-13H2,1-5H3,(H,33,34);4,7,11-13,24-25H,2-3,5-6,8-9H2,1H3,(H,27,28);5-6H,1-4H3/t17-,18+;11-,12+;. The third-order valence-electron chi connectivity index (χ3n) is 14.5. The van der Waals surface area contributed by atoms with Crippen LogP contribution in [-0.2, 0) is 33.4 Å². The zero-order valence-electron chi connectivity index (χ0n) is 45.4. The lowest BCUT2D eigenvalue weighted by Gasteiger charge is -2.24. The number of aromatic carboxylic acids is 2. The third-order valence-corrected chi connectivity index (χ3v) is 14.5. The fourth-order valence-corrected chi connectivity index (χ4v) is 9.78. The molecule has 2 saturated heterocycles. The van der Waals surface area contributed by atoms with Crippen molar-refractivity contribution in [2.75, 3.05) is 62.4 Å². The van der Waals surface area contributed by atoms with Crippen LogP contribution < -0.4 is 20.7 Å². The maximum Gasteiger partial charge on any atom is 0.341 e. The molecule has 4 aliphatic rings. The number of aliphatic hydroxyl groups is 2. The quantitative estimate of drug-likeness (QED) is 0.0510. The average molecular weight is 1080 g/mol. The van der Waals surface area contributed by atoms with Crippen LogP contribution >= 0.6 is 0 Å². The number of nitrogens with zero attached hydrogens (tertiary/aromatic N) is 4. The molecule has 2 saturated carbocycles. The van der Waals surface area contributed by atoms with E-state index in [1.54, 1.807) is 83.3 Å². The number of ether oxygens (including phenoxy) is 3. The first-order valence-corrected chi connectivity index (χ1v) is 26.2. The van der Waals surface area contributed by atoms with Crippen LogP contribution in [0.2, 0.25) is 0 Å². The number of carbonyl (C=O) groups excluding carboxylic acids is 4. The van der Waals surface area contributed by atoms with Crippen LogP contribution in [0.1, 0.15) is 125 Å². The van der Waals surface area contributed by atoms with E-state index in [0.717, 1.165) is 37.8 Å². The number of anilines is 2. The second-order valence-corrected chi connectivity index (χ2v) is 21.9. The lowest BCUT2D eigenvalue weighted by Crippen LogP contribution is -2.27. The number of aliphatic hydroxyl groups excluding tert-OH is 2. The van der Waals surface area contributed by atoms with Gasteiger partial charge in [0.15, 0.2) is 0 Å². The van der Waals surface area contributed by atoms with Gasteiger partial charge in [0.05, 0.1) is 59.3 Å². The Morgan fingerprint density at radius 3 is 1.13 bits per heavy atom. The summed E-state index contributed by atoms with van der Waals surface area (Å²) in [6, 6.07) is 2.42. The molecular weight excluding hydrogens is 1010 g/mol. The maximum absolute atomic E-state index is 15.7. The van der Waals surface area contributed by atoms with E-state index in [2.05, 4.69) is 4.74 Å². The van der Waals surface area contributed by atoms with Crippen LogP contribution in [0, 0.1) is 72.8 Å². The molecule has 8 rings (SSSR count). The number of carbonyl (C=O) groups is 6. The van der Waals surface area contributed by atoms with E-state index < -0.39 is 46.4 Å². The summed E-state index contributed by atoms with van der Waals surface area (Å²) in [5.74, 6) is -7.24. The van der Waals surface area contributed by atoms with Crippen LogP contribution in [0.25, 0.3) is 21.8 Å². The summed E-state index contributed by atoms with van der Waals surface area (Å²) in [7, 11) is 0. The predicted molar refractivity (Wildman–Crippen MR) is 281 cm³/mol. The Morgan fingerprint density at radius 2 is 0.857 bits per heavy atom. The smallest absolute Gasteiger partial charge is 0.341 e. The Morgan fingerprint density at radius 1 is 0.545 bits per heavy atom. The number of halogens is 2. The van der Waals surface area contributed by atoms with Crippen molar-refractivity contribution in [1.29, 1.82) is 0 Å². The molecule has 4 atom stereocenters. The Labute approximate surface area is 444 Å². The monoisotopic (exact) mass is 1080 g/mol. The largest absolute Gasteiger partial charge is 0.477 e. The summed E-state index contributed by atoms with van der Waals surface area (Å²) in [6.45, 7) is 18.8. The molecule has 4 heterocycles. The van der Waals surface area contributed by atoms with Crippen molar-refractivity contribution in [2.45, 2.75) is 107 Å². The van der Waals surface area contributed by atoms with Crippen LogP contribution in [0.15, 0.2) is 34.1 Å². The Balaban J connectivity index is 0.000000215. The molecule has 2 aromatic carbocycles. The summed E-state index contributed by atoms with van der Waals surface area (Å²) < 4.78 is 49.8. The van der Waals surface area contributed by atoms with Crippen molar-refractivity contribution < 1.29 is 72.2 Å². The van der Waals surface area contributed by atoms with Gasteiger partial charge < -0.3 is 53.6 Å². The van der Waals surface area contributed by atoms with Crippen molar-refractivity contribution in [3.8, 4) is 0 Å². The number of carboxylic acid groups (broad SMARTS) is 2. The van der Waals surface area contributed by atoms with Gasteiger partial charge >= 0.3 is 35.8 Å². The maximum atomic E-state index is 15.7. The highest BCUT2D eigenvalue weighted by molar-refractivity contribution is 5.96. The highest BCUT2D eigenvalue weighted by Gasteiger charge is 2.39. The first-order valence-electron chi connectivity index (χ1n) is 26.2. The van der Waals surface area contributed by atoms with Crippen molar-refractivity contribution in [1.82, 2.24) is 9.13 Å². The minimum absolute atomic E-state index is 0.0413. The molecule has 4 fully saturated rings. The van der Waals surface area contributed by atoms with E-state index in [0.29, 0.717) is 59.7 Å². The molecule has 0 bridgehead atoms. The number of esters is 4. The van der Waals surface area contributed by atoms with Gasteiger partial charge in [-0.1, -0.05) is 55.4 Å². The molecule has 19 nitrogen and oxygen atoms in total. The predicted octanol–water partition coefficient (Wildman–Crippen LogP) is 6.82. The van der Waals surface area contributed by atoms with Gasteiger partial charge in [-0.2, -0.15) is 0 Å². The number of rotatable bonds is 16. The first kappa shape index (κ1) is 59.5. The minimum atomic E-state index is -1.34. The molecule has 77 heavy (non-hydrogen) atoms. The van der Waals surface area contributed by atoms with Gasteiger partial charge in [-0.15, -0.1) is 0 Å². The highest BCUT2D eigenvalue weighted by Crippen LogP contribution is 2.43. The van der Waals surface area contributed by atoms with Crippen LogP contribution in [0.5, 0.6) is 0 Å². The molecule has 0 amide bonds. The molecule has 2 aliphatic heterocycles. The van der Waals surface area contributed by atoms with Crippen LogP contribution in [0.3, 0.4) is 0 Å². The van der Waals surface area contributed by atoms with Gasteiger partial charge in [-0.25, -0.2) is 18.4 Å². The average Bonchev–Trinajstić information content (AvgIpc) is 4.33. The van der Waals surface area contributed by atoms with E-state index in [1.165, 1.54) is 12.4 Å².